The van der Waals surface area contributed by atoms with Crippen molar-refractivity contribution in [3.8, 4) is 0 Å². The molecule has 0 fully saturated rings. The van der Waals surface area contributed by atoms with E-state index in [4.69, 9.17) is 4.74 Å². The normalized spacial score (nSPS) is 11.6. The van der Waals surface area contributed by atoms with Crippen LogP contribution in [0.1, 0.15) is 23.4 Å². The summed E-state index contributed by atoms with van der Waals surface area (Å²) in [7, 11) is 1.54. The summed E-state index contributed by atoms with van der Waals surface area (Å²) in [6, 6.07) is 0. The van der Waals surface area contributed by atoms with Gasteiger partial charge in [0.05, 0.1) is 13.2 Å². The zero-order chi connectivity index (χ0) is 14.5. The molecule has 108 valence electrons. The number of hydrogen-bond acceptors (Lipinski definition) is 5. The molecule has 0 unspecified atom stereocenters. The van der Waals surface area contributed by atoms with E-state index in [1.807, 2.05) is 0 Å². The number of ether oxygens (including phenoxy) is 2. The summed E-state index contributed by atoms with van der Waals surface area (Å²) in [6.07, 6.45) is -4.23. The Hall–Kier alpha value is -1.64. The van der Waals surface area contributed by atoms with Crippen LogP contribution in [0.4, 0.5) is 13.2 Å². The predicted molar refractivity (Wildman–Crippen MR) is 57.5 cm³/mol. The molecule has 0 spiro atoms. The van der Waals surface area contributed by atoms with Gasteiger partial charge >= 0.3 is 12.1 Å². The number of carbonyl (C=O) groups excluding carboxylic acids is 1. The van der Waals surface area contributed by atoms with E-state index in [-0.39, 0.29) is 25.5 Å². The summed E-state index contributed by atoms with van der Waals surface area (Å²) >= 11 is 0. The lowest BCUT2D eigenvalue weighted by molar-refractivity contribution is -0.173. The van der Waals surface area contributed by atoms with Crippen molar-refractivity contribution in [1.82, 2.24) is 14.8 Å². The molecule has 0 aliphatic rings. The Balaban J connectivity index is 2.48. The van der Waals surface area contributed by atoms with Gasteiger partial charge in [0.2, 0.25) is 0 Å². The van der Waals surface area contributed by atoms with Crippen LogP contribution in [0, 0.1) is 0 Å². The second kappa shape index (κ2) is 6.50. The number of hydrogen-bond donors (Lipinski definition) is 0. The number of aryl methyl sites for hydroxylation is 1. The van der Waals surface area contributed by atoms with E-state index in [2.05, 4.69) is 14.8 Å². The first-order valence-corrected chi connectivity index (χ1v) is 5.55. The van der Waals surface area contributed by atoms with Crippen molar-refractivity contribution in [2.24, 2.45) is 7.05 Å². The molecule has 6 nitrogen and oxygen atoms in total. The second-order valence-electron chi connectivity index (χ2n) is 3.61. The largest absolute Gasteiger partial charge is 0.460 e. The Bertz CT molecular complexity index is 431. The van der Waals surface area contributed by atoms with Gasteiger partial charge in [-0.25, -0.2) is 9.78 Å². The first kappa shape index (κ1) is 15.4. The van der Waals surface area contributed by atoms with Gasteiger partial charge in [-0.1, -0.05) is 0 Å². The van der Waals surface area contributed by atoms with Crippen LogP contribution in [-0.2, 0) is 22.9 Å². The quantitative estimate of drug-likeness (QED) is 0.577. The maximum atomic E-state index is 11.8. The molecule has 0 saturated heterocycles. The third-order valence-electron chi connectivity index (χ3n) is 2.05. The maximum Gasteiger partial charge on any atom is 0.411 e. The van der Waals surface area contributed by atoms with E-state index in [0.717, 1.165) is 0 Å². The van der Waals surface area contributed by atoms with Crippen molar-refractivity contribution < 1.29 is 27.4 Å². The van der Waals surface area contributed by atoms with Gasteiger partial charge in [0.25, 0.3) is 5.82 Å². The molecule has 0 aromatic carbocycles. The molecule has 0 bridgehead atoms. The van der Waals surface area contributed by atoms with Gasteiger partial charge in [0, 0.05) is 13.5 Å². The number of esters is 1. The molecule has 0 amide bonds. The smallest absolute Gasteiger partial charge is 0.411 e. The first-order valence-electron chi connectivity index (χ1n) is 5.55. The first-order chi connectivity index (χ1) is 8.83. The van der Waals surface area contributed by atoms with Crippen LogP contribution in [0.25, 0.3) is 0 Å². The van der Waals surface area contributed by atoms with Crippen LogP contribution >= 0.6 is 0 Å². The Kier molecular flexibility index (Phi) is 5.28. The molecule has 1 rings (SSSR count). The van der Waals surface area contributed by atoms with Gasteiger partial charge in [0.15, 0.2) is 0 Å². The third kappa shape index (κ3) is 5.25. The average Bonchev–Trinajstić information content (AvgIpc) is 2.66. The molecule has 19 heavy (non-hydrogen) atoms. The highest BCUT2D eigenvalue weighted by atomic mass is 19.4. The van der Waals surface area contributed by atoms with E-state index >= 15 is 0 Å². The molecule has 1 aromatic heterocycles. The molecule has 0 aliphatic heterocycles. The molecule has 0 aliphatic carbocycles. The van der Waals surface area contributed by atoms with E-state index in [9.17, 15) is 18.0 Å². The van der Waals surface area contributed by atoms with Gasteiger partial charge in [-0.3, -0.25) is 4.68 Å². The summed E-state index contributed by atoms with van der Waals surface area (Å²) in [5.41, 5.74) is 0. The lowest BCUT2D eigenvalue weighted by Crippen LogP contribution is -2.18. The minimum atomic E-state index is -4.35. The van der Waals surface area contributed by atoms with Crippen LogP contribution in [0.3, 0.4) is 0 Å². The van der Waals surface area contributed by atoms with E-state index in [1.54, 1.807) is 6.92 Å². The molecule has 0 saturated carbocycles. The van der Waals surface area contributed by atoms with Gasteiger partial charge < -0.3 is 9.47 Å². The van der Waals surface area contributed by atoms with Gasteiger partial charge in [0.1, 0.15) is 12.4 Å². The second-order valence-corrected chi connectivity index (χ2v) is 3.61. The summed E-state index contributed by atoms with van der Waals surface area (Å²) in [5.74, 6) is -0.430. The molecular weight excluding hydrogens is 267 g/mol. The molecular formula is C10H14F3N3O3. The molecule has 1 heterocycles. The Morgan fingerprint density at radius 2 is 2.11 bits per heavy atom. The topological polar surface area (TPSA) is 66.2 Å². The lowest BCUT2D eigenvalue weighted by Gasteiger charge is -2.06. The Labute approximate surface area is 107 Å². The monoisotopic (exact) mass is 281 g/mol. The predicted octanol–water partition coefficient (Wildman–Crippen LogP) is 1.11. The zero-order valence-electron chi connectivity index (χ0n) is 10.5. The van der Waals surface area contributed by atoms with Gasteiger partial charge in [-0.15, -0.1) is 5.10 Å². The zero-order valence-corrected chi connectivity index (χ0v) is 10.5. The number of nitrogens with zero attached hydrogens (tertiary/aromatic N) is 3. The summed E-state index contributed by atoms with van der Waals surface area (Å²) in [4.78, 5) is 15.2. The van der Waals surface area contributed by atoms with Crippen LogP contribution < -0.4 is 0 Å². The van der Waals surface area contributed by atoms with E-state index in [1.165, 1.54) is 11.7 Å². The fourth-order valence-electron chi connectivity index (χ4n) is 1.27. The fraction of sp³-hybridized carbons (Fsp3) is 0.700. The summed E-state index contributed by atoms with van der Waals surface area (Å²) < 4.78 is 46.0. The van der Waals surface area contributed by atoms with Crippen molar-refractivity contribution in [2.45, 2.75) is 19.5 Å². The highest BCUT2D eigenvalue weighted by Gasteiger charge is 2.27. The average molecular weight is 281 g/mol. The van der Waals surface area contributed by atoms with Crippen LogP contribution in [0.2, 0.25) is 0 Å². The highest BCUT2D eigenvalue weighted by Crippen LogP contribution is 2.14. The number of alkyl halides is 3. The number of rotatable bonds is 6. The molecule has 0 atom stereocenters. The van der Waals surface area contributed by atoms with Crippen LogP contribution in [-0.4, -0.2) is 46.7 Å². The van der Waals surface area contributed by atoms with Crippen molar-refractivity contribution >= 4 is 5.97 Å². The Morgan fingerprint density at radius 3 is 2.68 bits per heavy atom. The van der Waals surface area contributed by atoms with E-state index in [0.29, 0.717) is 5.82 Å². The van der Waals surface area contributed by atoms with Crippen molar-refractivity contribution in [2.75, 3.05) is 19.8 Å². The van der Waals surface area contributed by atoms with Crippen molar-refractivity contribution in [1.29, 1.82) is 0 Å². The van der Waals surface area contributed by atoms with Crippen molar-refractivity contribution in [3.05, 3.63) is 11.6 Å². The Morgan fingerprint density at radius 1 is 1.42 bits per heavy atom. The third-order valence-corrected chi connectivity index (χ3v) is 2.05. The minimum Gasteiger partial charge on any atom is -0.460 e. The fourth-order valence-corrected chi connectivity index (χ4v) is 1.27. The molecule has 9 heteroatoms. The van der Waals surface area contributed by atoms with Crippen LogP contribution in [0.15, 0.2) is 0 Å². The minimum absolute atomic E-state index is 0.116. The molecule has 0 radical (unpaired) electrons. The number of halogens is 3. The SMILES string of the molecule is CCOC(=O)c1nc(CCOCC(F)(F)F)n(C)n1. The van der Waals surface area contributed by atoms with Crippen molar-refractivity contribution in [3.63, 3.8) is 0 Å². The van der Waals surface area contributed by atoms with Gasteiger partial charge in [-0.05, 0) is 6.92 Å². The summed E-state index contributed by atoms with van der Waals surface area (Å²) in [6.45, 7) is 0.373. The number of aromatic nitrogens is 3. The highest BCUT2D eigenvalue weighted by molar-refractivity contribution is 5.84. The van der Waals surface area contributed by atoms with Gasteiger partial charge in [-0.2, -0.15) is 13.2 Å². The standard InChI is InChI=1S/C10H14F3N3O3/c1-3-19-9(17)8-14-7(16(2)15-8)4-5-18-6-10(11,12)13/h3-6H2,1-2H3. The van der Waals surface area contributed by atoms with E-state index < -0.39 is 18.8 Å². The molecule has 1 aromatic rings. The van der Waals surface area contributed by atoms with Crippen LogP contribution in [0.5, 0.6) is 0 Å². The lowest BCUT2D eigenvalue weighted by atomic mass is 10.4. The maximum absolute atomic E-state index is 11.8. The molecule has 0 N–H and O–H groups in total. The summed E-state index contributed by atoms with van der Waals surface area (Å²) in [5, 5.41) is 3.81. The number of carbonyl (C=O) groups is 1.